The number of halogens is 4. The molecule has 0 aliphatic rings. The number of rotatable bonds is 4. The van der Waals surface area contributed by atoms with Crippen LogP contribution in [0.15, 0.2) is 0 Å². The maximum absolute atomic E-state index is 11.8. The van der Waals surface area contributed by atoms with Gasteiger partial charge in [0, 0.05) is 6.61 Å². The van der Waals surface area contributed by atoms with Crippen LogP contribution in [-0.2, 0) is 9.47 Å². The van der Waals surface area contributed by atoms with E-state index in [9.17, 15) is 17.6 Å². The number of hydrogen-bond donors (Lipinski definition) is 0. The standard InChI is InChI=1S/C5H8F4O2/c1-2-10-3-11-4(6)5(7,8)9/h4H,2-3H2,1H3. The fourth-order valence-corrected chi connectivity index (χ4v) is 0.286. The van der Waals surface area contributed by atoms with Crippen LogP contribution >= 0.6 is 0 Å². The number of alkyl halides is 4. The molecule has 0 aromatic rings. The Morgan fingerprint density at radius 2 is 1.91 bits per heavy atom. The topological polar surface area (TPSA) is 18.5 Å². The molecule has 0 amide bonds. The molecule has 0 aliphatic carbocycles. The van der Waals surface area contributed by atoms with Crippen molar-refractivity contribution in [2.24, 2.45) is 0 Å². The van der Waals surface area contributed by atoms with E-state index in [1.165, 1.54) is 0 Å². The van der Waals surface area contributed by atoms with Crippen molar-refractivity contribution in [1.29, 1.82) is 0 Å². The summed E-state index contributed by atoms with van der Waals surface area (Å²) in [6, 6.07) is 0. The fourth-order valence-electron chi connectivity index (χ4n) is 0.286. The monoisotopic (exact) mass is 176 g/mol. The Bertz CT molecular complexity index is 103. The molecule has 0 spiro atoms. The van der Waals surface area contributed by atoms with E-state index < -0.39 is 19.3 Å². The van der Waals surface area contributed by atoms with Gasteiger partial charge in [-0.1, -0.05) is 0 Å². The van der Waals surface area contributed by atoms with Crippen molar-refractivity contribution < 1.29 is 27.0 Å². The van der Waals surface area contributed by atoms with Crippen LogP contribution in [0.5, 0.6) is 0 Å². The van der Waals surface area contributed by atoms with E-state index in [4.69, 9.17) is 0 Å². The molecule has 68 valence electrons. The predicted molar refractivity (Wildman–Crippen MR) is 28.5 cm³/mol. The Hall–Kier alpha value is -0.360. The third kappa shape index (κ3) is 4.97. The molecule has 0 aliphatic heterocycles. The van der Waals surface area contributed by atoms with Gasteiger partial charge in [0.15, 0.2) is 6.79 Å². The van der Waals surface area contributed by atoms with Gasteiger partial charge in [0.25, 0.3) is 6.36 Å². The third-order valence-electron chi connectivity index (χ3n) is 0.759. The smallest absolute Gasteiger partial charge is 0.356 e. The summed E-state index contributed by atoms with van der Waals surface area (Å²) in [6.45, 7) is 1.06. The van der Waals surface area contributed by atoms with Gasteiger partial charge in [0.05, 0.1) is 0 Å². The Kier molecular flexibility index (Phi) is 4.36. The molecular formula is C5H8F4O2. The van der Waals surface area contributed by atoms with E-state index in [1.54, 1.807) is 6.92 Å². The Labute approximate surface area is 61.1 Å². The highest BCUT2D eigenvalue weighted by atomic mass is 19.4. The zero-order valence-corrected chi connectivity index (χ0v) is 5.82. The molecule has 11 heavy (non-hydrogen) atoms. The lowest BCUT2D eigenvalue weighted by atomic mass is 10.7. The van der Waals surface area contributed by atoms with Gasteiger partial charge in [0.2, 0.25) is 0 Å². The van der Waals surface area contributed by atoms with E-state index >= 15 is 0 Å². The van der Waals surface area contributed by atoms with Crippen LogP contribution in [0.1, 0.15) is 6.92 Å². The molecule has 1 atom stereocenters. The van der Waals surface area contributed by atoms with Crippen LogP contribution in [0.3, 0.4) is 0 Å². The van der Waals surface area contributed by atoms with Gasteiger partial charge in [-0.2, -0.15) is 13.2 Å². The summed E-state index contributed by atoms with van der Waals surface area (Å²) in [7, 11) is 0. The highest BCUT2D eigenvalue weighted by Gasteiger charge is 2.41. The lowest BCUT2D eigenvalue weighted by molar-refractivity contribution is -0.284. The van der Waals surface area contributed by atoms with Crippen molar-refractivity contribution in [3.05, 3.63) is 0 Å². The molecular weight excluding hydrogens is 168 g/mol. The van der Waals surface area contributed by atoms with Gasteiger partial charge in [-0.25, -0.2) is 4.39 Å². The lowest BCUT2D eigenvalue weighted by Gasteiger charge is -2.12. The van der Waals surface area contributed by atoms with Crippen molar-refractivity contribution in [3.63, 3.8) is 0 Å². The number of hydrogen-bond acceptors (Lipinski definition) is 2. The minimum absolute atomic E-state index is 0.185. The molecule has 0 radical (unpaired) electrons. The van der Waals surface area contributed by atoms with Crippen LogP contribution in [0.25, 0.3) is 0 Å². The Morgan fingerprint density at radius 3 is 2.27 bits per heavy atom. The first-order valence-corrected chi connectivity index (χ1v) is 2.88. The number of ether oxygens (including phenoxy) is 2. The summed E-state index contributed by atoms with van der Waals surface area (Å²) >= 11 is 0. The normalized spacial score (nSPS) is 15.0. The van der Waals surface area contributed by atoms with Crippen molar-refractivity contribution in [2.75, 3.05) is 13.4 Å². The van der Waals surface area contributed by atoms with Gasteiger partial charge >= 0.3 is 6.18 Å². The first kappa shape index (κ1) is 10.6. The first-order valence-electron chi connectivity index (χ1n) is 2.88. The molecule has 0 N–H and O–H groups in total. The Balaban J connectivity index is 3.44. The molecule has 1 unspecified atom stereocenters. The minimum atomic E-state index is -4.96. The van der Waals surface area contributed by atoms with Gasteiger partial charge in [-0.15, -0.1) is 0 Å². The van der Waals surface area contributed by atoms with Crippen molar-refractivity contribution in [2.45, 2.75) is 19.5 Å². The van der Waals surface area contributed by atoms with E-state index in [0.717, 1.165) is 0 Å². The Morgan fingerprint density at radius 1 is 1.36 bits per heavy atom. The molecule has 2 nitrogen and oxygen atoms in total. The molecule has 0 aromatic heterocycles. The van der Waals surface area contributed by atoms with Crippen LogP contribution in [0, 0.1) is 0 Å². The predicted octanol–water partition coefficient (Wildman–Crippen LogP) is 1.85. The summed E-state index contributed by atoms with van der Waals surface area (Å²) in [4.78, 5) is 0. The van der Waals surface area contributed by atoms with E-state index in [0.29, 0.717) is 0 Å². The van der Waals surface area contributed by atoms with Gasteiger partial charge in [-0.3, -0.25) is 0 Å². The molecule has 0 saturated heterocycles. The fraction of sp³-hybridized carbons (Fsp3) is 1.00. The minimum Gasteiger partial charge on any atom is -0.356 e. The van der Waals surface area contributed by atoms with E-state index in [2.05, 4.69) is 9.47 Å². The van der Waals surface area contributed by atoms with Crippen molar-refractivity contribution in [3.8, 4) is 0 Å². The summed E-state index contributed by atoms with van der Waals surface area (Å²) in [5.41, 5.74) is 0. The SMILES string of the molecule is CCOCOC(F)C(F)(F)F. The van der Waals surface area contributed by atoms with Crippen LogP contribution < -0.4 is 0 Å². The quantitative estimate of drug-likeness (QED) is 0.369. The average molecular weight is 176 g/mol. The summed E-state index contributed by atoms with van der Waals surface area (Å²) < 4.78 is 53.7. The molecule has 0 bridgehead atoms. The van der Waals surface area contributed by atoms with Crippen LogP contribution in [-0.4, -0.2) is 25.9 Å². The zero-order valence-electron chi connectivity index (χ0n) is 5.82. The maximum atomic E-state index is 11.8. The van der Waals surface area contributed by atoms with E-state index in [1.807, 2.05) is 0 Å². The molecule has 0 rings (SSSR count). The van der Waals surface area contributed by atoms with Crippen LogP contribution in [0.2, 0.25) is 0 Å². The third-order valence-corrected chi connectivity index (χ3v) is 0.759. The second-order valence-electron chi connectivity index (χ2n) is 1.63. The van der Waals surface area contributed by atoms with Crippen molar-refractivity contribution >= 4 is 0 Å². The molecule has 0 saturated carbocycles. The summed E-state index contributed by atoms with van der Waals surface area (Å²) in [5.74, 6) is 0. The largest absolute Gasteiger partial charge is 0.445 e. The molecule has 0 aromatic carbocycles. The second kappa shape index (κ2) is 4.50. The molecule has 0 heterocycles. The first-order chi connectivity index (χ1) is 4.98. The highest BCUT2D eigenvalue weighted by Crippen LogP contribution is 2.23. The van der Waals surface area contributed by atoms with Gasteiger partial charge in [0.1, 0.15) is 0 Å². The summed E-state index contributed by atoms with van der Waals surface area (Å²) in [6.07, 6.45) is -8.22. The van der Waals surface area contributed by atoms with Gasteiger partial charge in [-0.05, 0) is 6.92 Å². The maximum Gasteiger partial charge on any atom is 0.445 e. The second-order valence-corrected chi connectivity index (χ2v) is 1.63. The molecule has 0 fully saturated rings. The van der Waals surface area contributed by atoms with Crippen molar-refractivity contribution in [1.82, 2.24) is 0 Å². The average Bonchev–Trinajstić information content (AvgIpc) is 1.86. The summed E-state index contributed by atoms with van der Waals surface area (Å²) in [5, 5.41) is 0. The van der Waals surface area contributed by atoms with E-state index in [-0.39, 0.29) is 6.61 Å². The highest BCUT2D eigenvalue weighted by molar-refractivity contribution is 4.51. The van der Waals surface area contributed by atoms with Gasteiger partial charge < -0.3 is 9.47 Å². The molecule has 6 heteroatoms. The zero-order chi connectivity index (χ0) is 8.91. The van der Waals surface area contributed by atoms with Crippen LogP contribution in [0.4, 0.5) is 17.6 Å². The lowest BCUT2D eigenvalue weighted by Crippen LogP contribution is -2.28.